The number of carbonyl (C=O) groups excluding carboxylic acids is 1. The van der Waals surface area contributed by atoms with Gasteiger partial charge < -0.3 is 10.2 Å². The molecule has 1 aliphatic heterocycles. The molecule has 0 aromatic heterocycles. The van der Waals surface area contributed by atoms with Gasteiger partial charge in [0.05, 0.1) is 5.75 Å². The zero-order chi connectivity index (χ0) is 20.0. The van der Waals surface area contributed by atoms with Crippen LogP contribution < -0.4 is 10.2 Å². The van der Waals surface area contributed by atoms with Crippen molar-refractivity contribution in [2.24, 2.45) is 0 Å². The number of benzene rings is 2. The molecule has 7 heteroatoms. The highest BCUT2D eigenvalue weighted by Gasteiger charge is 2.25. The Kier molecular flexibility index (Phi) is 6.70. The Hall–Kier alpha value is -2.38. The van der Waals surface area contributed by atoms with Crippen molar-refractivity contribution in [2.75, 3.05) is 38.1 Å². The lowest BCUT2D eigenvalue weighted by Crippen LogP contribution is -2.33. The van der Waals surface area contributed by atoms with Gasteiger partial charge in [-0.1, -0.05) is 30.3 Å². The Labute approximate surface area is 167 Å². The highest BCUT2D eigenvalue weighted by Crippen LogP contribution is 2.17. The summed E-state index contributed by atoms with van der Waals surface area (Å²) in [6.45, 7) is 2.44. The van der Waals surface area contributed by atoms with Gasteiger partial charge >= 0.3 is 0 Å². The minimum Gasteiger partial charge on any atom is -0.373 e. The number of sulfonamides is 1. The predicted molar refractivity (Wildman–Crippen MR) is 112 cm³/mol. The van der Waals surface area contributed by atoms with Crippen molar-refractivity contribution >= 4 is 21.6 Å². The maximum atomic E-state index is 12.4. The standard InChI is InChI=1S/C21H27N3O3S/c1-23(20-7-3-2-4-8-20)16-13-22-21(25)19-11-9-18(10-12-19)17-28(26,27)24-14-5-6-15-24/h2-4,7-12H,5-6,13-17H2,1H3,(H,22,25). The van der Waals surface area contributed by atoms with Gasteiger partial charge in [-0.2, -0.15) is 0 Å². The minimum atomic E-state index is -3.27. The van der Waals surface area contributed by atoms with Gasteiger partial charge in [-0.3, -0.25) is 4.79 Å². The van der Waals surface area contributed by atoms with Gasteiger partial charge in [-0.05, 0) is 42.7 Å². The lowest BCUT2D eigenvalue weighted by atomic mass is 10.1. The fourth-order valence-corrected chi connectivity index (χ4v) is 4.88. The summed E-state index contributed by atoms with van der Waals surface area (Å²) in [5.74, 6) is -0.174. The van der Waals surface area contributed by atoms with Crippen LogP contribution in [0.25, 0.3) is 0 Å². The Morgan fingerprint density at radius 2 is 1.68 bits per heavy atom. The highest BCUT2D eigenvalue weighted by atomic mass is 32.2. The third-order valence-electron chi connectivity index (χ3n) is 4.95. The SMILES string of the molecule is CN(CCNC(=O)c1ccc(CS(=O)(=O)N2CCCC2)cc1)c1ccccc1. The average Bonchev–Trinajstić information content (AvgIpc) is 3.25. The molecule has 1 heterocycles. The van der Waals surface area contributed by atoms with E-state index in [2.05, 4.69) is 10.2 Å². The number of likely N-dealkylation sites (N-methyl/N-ethyl adjacent to an activating group) is 1. The second kappa shape index (κ2) is 9.21. The topological polar surface area (TPSA) is 69.7 Å². The van der Waals surface area contributed by atoms with Gasteiger partial charge in [0.1, 0.15) is 0 Å². The average molecular weight is 402 g/mol. The summed E-state index contributed by atoms with van der Waals surface area (Å²) in [6.07, 6.45) is 1.86. The number of anilines is 1. The van der Waals surface area contributed by atoms with E-state index < -0.39 is 10.0 Å². The number of nitrogens with zero attached hydrogens (tertiary/aromatic N) is 2. The minimum absolute atomic E-state index is 0.0171. The molecular formula is C21H27N3O3S. The van der Waals surface area contributed by atoms with Crippen LogP contribution in [-0.2, 0) is 15.8 Å². The van der Waals surface area contributed by atoms with Crippen molar-refractivity contribution in [1.82, 2.24) is 9.62 Å². The number of carbonyl (C=O) groups is 1. The Balaban J connectivity index is 1.49. The Morgan fingerprint density at radius 1 is 1.04 bits per heavy atom. The van der Waals surface area contributed by atoms with Crippen molar-refractivity contribution in [1.29, 1.82) is 0 Å². The smallest absolute Gasteiger partial charge is 0.251 e. The lowest BCUT2D eigenvalue weighted by molar-refractivity contribution is 0.0954. The zero-order valence-electron chi connectivity index (χ0n) is 16.2. The van der Waals surface area contributed by atoms with Crippen LogP contribution in [0.5, 0.6) is 0 Å². The summed E-state index contributed by atoms with van der Waals surface area (Å²) >= 11 is 0. The summed E-state index contributed by atoms with van der Waals surface area (Å²) in [5, 5.41) is 2.91. The number of hydrogen-bond donors (Lipinski definition) is 1. The summed E-state index contributed by atoms with van der Waals surface area (Å²) < 4.78 is 26.3. The molecule has 6 nitrogen and oxygen atoms in total. The molecule has 1 N–H and O–H groups in total. The van der Waals surface area contributed by atoms with Crippen molar-refractivity contribution in [3.8, 4) is 0 Å². The molecular weight excluding hydrogens is 374 g/mol. The molecule has 2 aromatic rings. The van der Waals surface area contributed by atoms with E-state index in [0.29, 0.717) is 37.3 Å². The fourth-order valence-electron chi connectivity index (χ4n) is 3.27. The van der Waals surface area contributed by atoms with E-state index in [0.717, 1.165) is 18.5 Å². The van der Waals surface area contributed by atoms with Crippen LogP contribution in [0.15, 0.2) is 54.6 Å². The van der Waals surface area contributed by atoms with Crippen LogP contribution in [0.2, 0.25) is 0 Å². The molecule has 0 radical (unpaired) electrons. The first-order valence-corrected chi connectivity index (χ1v) is 11.2. The normalized spacial score (nSPS) is 14.8. The molecule has 3 rings (SSSR count). The molecule has 0 bridgehead atoms. The Morgan fingerprint density at radius 3 is 2.32 bits per heavy atom. The van der Waals surface area contributed by atoms with Crippen molar-refractivity contribution in [2.45, 2.75) is 18.6 Å². The summed E-state index contributed by atoms with van der Waals surface area (Å²) in [6, 6.07) is 16.8. The molecule has 150 valence electrons. The molecule has 0 spiro atoms. The molecule has 2 aromatic carbocycles. The molecule has 1 amide bonds. The van der Waals surface area contributed by atoms with Gasteiger partial charge in [0.2, 0.25) is 10.0 Å². The van der Waals surface area contributed by atoms with Crippen LogP contribution in [0, 0.1) is 0 Å². The van der Waals surface area contributed by atoms with Crippen LogP contribution in [0.3, 0.4) is 0 Å². The van der Waals surface area contributed by atoms with Gasteiger partial charge in [-0.25, -0.2) is 12.7 Å². The largest absolute Gasteiger partial charge is 0.373 e. The van der Waals surface area contributed by atoms with E-state index in [9.17, 15) is 13.2 Å². The van der Waals surface area contributed by atoms with Gasteiger partial charge in [0.25, 0.3) is 5.91 Å². The van der Waals surface area contributed by atoms with Gasteiger partial charge in [0, 0.05) is 44.5 Å². The van der Waals surface area contributed by atoms with Crippen LogP contribution in [0.1, 0.15) is 28.8 Å². The van der Waals surface area contributed by atoms with Crippen molar-refractivity contribution in [3.63, 3.8) is 0 Å². The number of para-hydroxylation sites is 1. The van der Waals surface area contributed by atoms with E-state index in [1.165, 1.54) is 0 Å². The monoisotopic (exact) mass is 401 g/mol. The maximum absolute atomic E-state index is 12.4. The first-order chi connectivity index (χ1) is 13.5. The molecule has 0 atom stereocenters. The van der Waals surface area contributed by atoms with E-state index in [1.807, 2.05) is 37.4 Å². The Bertz CT molecular complexity index is 877. The predicted octanol–water partition coefficient (Wildman–Crippen LogP) is 2.48. The van der Waals surface area contributed by atoms with E-state index in [-0.39, 0.29) is 11.7 Å². The highest BCUT2D eigenvalue weighted by molar-refractivity contribution is 7.88. The number of nitrogens with one attached hydrogen (secondary N) is 1. The van der Waals surface area contributed by atoms with Crippen LogP contribution in [-0.4, -0.2) is 51.9 Å². The number of amides is 1. The fraction of sp³-hybridized carbons (Fsp3) is 0.381. The van der Waals surface area contributed by atoms with Gasteiger partial charge in [0.15, 0.2) is 0 Å². The molecule has 0 saturated carbocycles. The molecule has 1 aliphatic rings. The van der Waals surface area contributed by atoms with E-state index >= 15 is 0 Å². The molecule has 1 fully saturated rings. The van der Waals surface area contributed by atoms with Crippen molar-refractivity contribution in [3.05, 3.63) is 65.7 Å². The lowest BCUT2D eigenvalue weighted by Gasteiger charge is -2.19. The first kappa shape index (κ1) is 20.4. The van der Waals surface area contributed by atoms with Crippen LogP contribution in [0.4, 0.5) is 5.69 Å². The number of rotatable bonds is 8. The zero-order valence-corrected chi connectivity index (χ0v) is 17.0. The summed E-state index contributed by atoms with van der Waals surface area (Å²) in [5.41, 5.74) is 2.33. The number of hydrogen-bond acceptors (Lipinski definition) is 4. The third-order valence-corrected chi connectivity index (χ3v) is 6.80. The second-order valence-electron chi connectivity index (χ2n) is 7.07. The summed E-state index contributed by atoms with van der Waals surface area (Å²) in [4.78, 5) is 14.4. The van der Waals surface area contributed by atoms with Crippen molar-refractivity contribution < 1.29 is 13.2 Å². The van der Waals surface area contributed by atoms with E-state index in [1.54, 1.807) is 28.6 Å². The first-order valence-electron chi connectivity index (χ1n) is 9.57. The molecule has 0 aliphatic carbocycles. The van der Waals surface area contributed by atoms with Crippen LogP contribution >= 0.6 is 0 Å². The van der Waals surface area contributed by atoms with Gasteiger partial charge in [-0.15, -0.1) is 0 Å². The molecule has 28 heavy (non-hydrogen) atoms. The molecule has 1 saturated heterocycles. The summed E-state index contributed by atoms with van der Waals surface area (Å²) in [7, 11) is -1.29. The second-order valence-corrected chi connectivity index (χ2v) is 9.04. The van der Waals surface area contributed by atoms with E-state index in [4.69, 9.17) is 0 Å². The quantitative estimate of drug-likeness (QED) is 0.738. The maximum Gasteiger partial charge on any atom is 0.251 e. The third kappa shape index (κ3) is 5.33. The molecule has 0 unspecified atom stereocenters.